The van der Waals surface area contributed by atoms with Crippen molar-refractivity contribution in [2.75, 3.05) is 13.2 Å². The van der Waals surface area contributed by atoms with Crippen molar-refractivity contribution < 1.29 is 22.7 Å². The maximum atomic E-state index is 13.1. The molecule has 174 valence electrons. The maximum Gasteiger partial charge on any atom is 0.416 e. The zero-order chi connectivity index (χ0) is 23.4. The number of hydrogen-bond acceptors (Lipinski definition) is 3. The monoisotopic (exact) mass is 448 g/mol. The number of carbonyl (C=O) groups is 1. The van der Waals surface area contributed by atoms with E-state index < -0.39 is 17.3 Å². The molecule has 0 unspecified atom stereocenters. The Hall–Kier alpha value is -2.38. The van der Waals surface area contributed by atoms with Gasteiger partial charge in [-0.25, -0.2) is 0 Å². The number of aryl methyl sites for hydroxylation is 1. The largest absolute Gasteiger partial charge is 0.416 e. The van der Waals surface area contributed by atoms with Gasteiger partial charge in [-0.15, -0.1) is 0 Å². The Balaban J connectivity index is 1.70. The van der Waals surface area contributed by atoms with Crippen molar-refractivity contribution in [3.05, 3.63) is 70.8 Å². The molecule has 7 heteroatoms. The zero-order valence-corrected chi connectivity index (χ0v) is 18.8. The van der Waals surface area contributed by atoms with Crippen LogP contribution in [0.5, 0.6) is 0 Å². The molecule has 1 heterocycles. The Morgan fingerprint density at radius 2 is 1.94 bits per heavy atom. The van der Waals surface area contributed by atoms with Crippen LogP contribution in [0.3, 0.4) is 0 Å². The average Bonchev–Trinajstić information content (AvgIpc) is 2.74. The SMILES string of the molecule is Cc1cc(COC[C@@]2(c3ccccc3)CC[C@H](NC(=O)C(C)C)CN2)cc(C(F)(F)F)c1. The van der Waals surface area contributed by atoms with Crippen molar-refractivity contribution in [2.24, 2.45) is 5.92 Å². The van der Waals surface area contributed by atoms with Crippen molar-refractivity contribution in [3.63, 3.8) is 0 Å². The number of piperidine rings is 1. The number of carbonyl (C=O) groups excluding carboxylic acids is 1. The van der Waals surface area contributed by atoms with Gasteiger partial charge in [0.2, 0.25) is 5.91 Å². The standard InChI is InChI=1S/C25H31F3N2O2/c1-17(2)23(31)30-22-9-10-24(29-14-22,20-7-5-4-6-8-20)16-32-15-19-11-18(3)12-21(13-19)25(26,27)28/h4-8,11-13,17,22,29H,9-10,14-16H2,1-3H3,(H,30,31)/t22-,24+/m0/s1. The number of benzene rings is 2. The van der Waals surface area contributed by atoms with Crippen LogP contribution in [-0.2, 0) is 27.9 Å². The molecule has 0 bridgehead atoms. The summed E-state index contributed by atoms with van der Waals surface area (Å²) < 4.78 is 45.4. The lowest BCUT2D eigenvalue weighted by molar-refractivity contribution is -0.137. The molecule has 1 fully saturated rings. The minimum Gasteiger partial charge on any atom is -0.374 e. The van der Waals surface area contributed by atoms with Crippen LogP contribution in [0.25, 0.3) is 0 Å². The van der Waals surface area contributed by atoms with Gasteiger partial charge < -0.3 is 15.4 Å². The molecule has 2 N–H and O–H groups in total. The van der Waals surface area contributed by atoms with E-state index in [0.717, 1.165) is 30.5 Å². The van der Waals surface area contributed by atoms with E-state index in [1.165, 1.54) is 0 Å². The number of ether oxygens (including phenoxy) is 1. The van der Waals surface area contributed by atoms with Gasteiger partial charge in [0, 0.05) is 18.5 Å². The predicted octanol–water partition coefficient (Wildman–Crippen LogP) is 4.95. The van der Waals surface area contributed by atoms with Crippen LogP contribution >= 0.6 is 0 Å². The lowest BCUT2D eigenvalue weighted by Gasteiger charge is -2.42. The highest BCUT2D eigenvalue weighted by Crippen LogP contribution is 2.33. The number of hydrogen-bond donors (Lipinski definition) is 2. The summed E-state index contributed by atoms with van der Waals surface area (Å²) in [6.45, 7) is 6.38. The van der Waals surface area contributed by atoms with Crippen LogP contribution in [0, 0.1) is 12.8 Å². The van der Waals surface area contributed by atoms with Crippen LogP contribution in [0.15, 0.2) is 48.5 Å². The summed E-state index contributed by atoms with van der Waals surface area (Å²) in [5.41, 5.74) is 0.994. The van der Waals surface area contributed by atoms with Crippen molar-refractivity contribution in [3.8, 4) is 0 Å². The Morgan fingerprint density at radius 3 is 2.53 bits per heavy atom. The molecule has 0 radical (unpaired) electrons. The third kappa shape index (κ3) is 6.11. The lowest BCUT2D eigenvalue weighted by atomic mass is 9.81. The minimum atomic E-state index is -4.38. The molecule has 2 aromatic carbocycles. The van der Waals surface area contributed by atoms with Gasteiger partial charge in [0.15, 0.2) is 0 Å². The number of alkyl halides is 3. The summed E-state index contributed by atoms with van der Waals surface area (Å²) in [5.74, 6) is -0.0461. The van der Waals surface area contributed by atoms with Crippen LogP contribution < -0.4 is 10.6 Å². The van der Waals surface area contributed by atoms with Crippen LogP contribution in [0.4, 0.5) is 13.2 Å². The van der Waals surface area contributed by atoms with Gasteiger partial charge in [-0.3, -0.25) is 4.79 Å². The Labute approximate surface area is 187 Å². The first-order valence-electron chi connectivity index (χ1n) is 11.0. The van der Waals surface area contributed by atoms with Gasteiger partial charge in [-0.1, -0.05) is 55.8 Å². The summed E-state index contributed by atoms with van der Waals surface area (Å²) in [4.78, 5) is 12.1. The second-order valence-electron chi connectivity index (χ2n) is 8.93. The minimum absolute atomic E-state index is 0.0279. The molecule has 3 rings (SSSR count). The first-order chi connectivity index (χ1) is 15.1. The summed E-state index contributed by atoms with van der Waals surface area (Å²) in [7, 11) is 0. The van der Waals surface area contributed by atoms with Gasteiger partial charge in [-0.05, 0) is 43.0 Å². The number of nitrogens with one attached hydrogen (secondary N) is 2. The third-order valence-corrected chi connectivity index (χ3v) is 5.89. The van der Waals surface area contributed by atoms with Gasteiger partial charge in [0.25, 0.3) is 0 Å². The van der Waals surface area contributed by atoms with E-state index in [2.05, 4.69) is 10.6 Å². The molecule has 1 amide bonds. The smallest absolute Gasteiger partial charge is 0.374 e. The molecule has 1 aliphatic rings. The molecule has 4 nitrogen and oxygen atoms in total. The first-order valence-corrected chi connectivity index (χ1v) is 11.0. The molecule has 0 aliphatic carbocycles. The van der Waals surface area contributed by atoms with E-state index >= 15 is 0 Å². The van der Waals surface area contributed by atoms with Crippen LogP contribution in [0.1, 0.15) is 48.9 Å². The highest BCUT2D eigenvalue weighted by molar-refractivity contribution is 5.78. The number of rotatable bonds is 7. The molecule has 0 spiro atoms. The summed E-state index contributed by atoms with van der Waals surface area (Å²) in [6, 6.07) is 14.0. The van der Waals surface area contributed by atoms with Crippen molar-refractivity contribution in [2.45, 2.75) is 58.0 Å². The van der Waals surface area contributed by atoms with E-state index in [9.17, 15) is 18.0 Å². The molecule has 0 aromatic heterocycles. The van der Waals surface area contributed by atoms with Crippen LogP contribution in [-0.4, -0.2) is 25.1 Å². The maximum absolute atomic E-state index is 13.1. The van der Waals surface area contributed by atoms with Gasteiger partial charge >= 0.3 is 6.18 Å². The second kappa shape index (κ2) is 10.0. The third-order valence-electron chi connectivity index (χ3n) is 5.89. The van der Waals surface area contributed by atoms with E-state index in [1.54, 1.807) is 13.0 Å². The fourth-order valence-electron chi connectivity index (χ4n) is 4.08. The fourth-order valence-corrected chi connectivity index (χ4v) is 4.08. The Kier molecular flexibility index (Phi) is 7.62. The molecule has 1 aliphatic heterocycles. The zero-order valence-electron chi connectivity index (χ0n) is 18.8. The van der Waals surface area contributed by atoms with Crippen molar-refractivity contribution >= 4 is 5.91 Å². The highest BCUT2D eigenvalue weighted by atomic mass is 19.4. The molecular formula is C25H31F3N2O2. The van der Waals surface area contributed by atoms with Crippen LogP contribution in [0.2, 0.25) is 0 Å². The lowest BCUT2D eigenvalue weighted by Crippen LogP contribution is -2.57. The normalized spacial score (nSPS) is 21.5. The summed E-state index contributed by atoms with van der Waals surface area (Å²) in [5, 5.41) is 6.62. The fraction of sp³-hybridized carbons (Fsp3) is 0.480. The highest BCUT2D eigenvalue weighted by Gasteiger charge is 2.37. The molecular weight excluding hydrogens is 417 g/mol. The molecule has 1 saturated heterocycles. The van der Waals surface area contributed by atoms with E-state index in [4.69, 9.17) is 4.74 Å². The topological polar surface area (TPSA) is 50.4 Å². The van der Waals surface area contributed by atoms with Crippen molar-refractivity contribution in [1.29, 1.82) is 0 Å². The number of halogens is 3. The van der Waals surface area contributed by atoms with Gasteiger partial charge in [0.05, 0.1) is 24.3 Å². The molecule has 2 atom stereocenters. The second-order valence-corrected chi connectivity index (χ2v) is 8.93. The van der Waals surface area contributed by atoms with Crippen molar-refractivity contribution in [1.82, 2.24) is 10.6 Å². The summed E-state index contributed by atoms with van der Waals surface area (Å²) in [6.07, 6.45) is -2.86. The number of amides is 1. The Bertz CT molecular complexity index is 905. The molecule has 32 heavy (non-hydrogen) atoms. The first kappa shape index (κ1) is 24.3. The predicted molar refractivity (Wildman–Crippen MR) is 118 cm³/mol. The van der Waals surface area contributed by atoms with E-state index in [-0.39, 0.29) is 24.5 Å². The molecule has 2 aromatic rings. The van der Waals surface area contributed by atoms with E-state index in [1.807, 2.05) is 44.2 Å². The Morgan fingerprint density at radius 1 is 1.22 bits per heavy atom. The average molecular weight is 449 g/mol. The van der Waals surface area contributed by atoms with Gasteiger partial charge in [0.1, 0.15) is 0 Å². The summed E-state index contributed by atoms with van der Waals surface area (Å²) >= 11 is 0. The van der Waals surface area contributed by atoms with E-state index in [0.29, 0.717) is 24.3 Å². The molecule has 0 saturated carbocycles. The van der Waals surface area contributed by atoms with Gasteiger partial charge in [-0.2, -0.15) is 13.2 Å². The quantitative estimate of drug-likeness (QED) is 0.630.